The van der Waals surface area contributed by atoms with Crippen molar-refractivity contribution in [3.63, 3.8) is 0 Å². The first-order valence-electron chi connectivity index (χ1n) is 7.56. The van der Waals surface area contributed by atoms with Crippen LogP contribution in [0.2, 0.25) is 5.02 Å². The zero-order valence-electron chi connectivity index (χ0n) is 12.9. The number of nitro benzene ring substituents is 1. The third-order valence-electron chi connectivity index (χ3n) is 4.19. The third-order valence-corrected chi connectivity index (χ3v) is 4.49. The van der Waals surface area contributed by atoms with E-state index in [4.69, 9.17) is 11.6 Å². The summed E-state index contributed by atoms with van der Waals surface area (Å²) in [4.78, 5) is 26.5. The van der Waals surface area contributed by atoms with Crippen molar-refractivity contribution in [2.45, 2.75) is 19.4 Å². The standard InChI is InChI=1S/C15H20ClN3O4/c1-2-12(10-20)17-5-7-18(8-6-17)15(21)11-3-4-14(19(22)23)13(16)9-11/h3-4,9,12,20H,2,5-8,10H2,1H3/t12-/m1/s1. The molecule has 7 nitrogen and oxygen atoms in total. The van der Waals surface area contributed by atoms with Crippen molar-refractivity contribution in [3.05, 3.63) is 38.9 Å². The van der Waals surface area contributed by atoms with Gasteiger partial charge in [-0.15, -0.1) is 0 Å². The van der Waals surface area contributed by atoms with Gasteiger partial charge in [0.15, 0.2) is 0 Å². The summed E-state index contributed by atoms with van der Waals surface area (Å²) in [7, 11) is 0. The summed E-state index contributed by atoms with van der Waals surface area (Å²) in [6.45, 7) is 4.66. The Balaban J connectivity index is 2.02. The molecule has 126 valence electrons. The van der Waals surface area contributed by atoms with Gasteiger partial charge in [0.05, 0.1) is 11.5 Å². The number of rotatable bonds is 5. The quantitative estimate of drug-likeness (QED) is 0.651. The molecule has 1 atom stereocenters. The van der Waals surface area contributed by atoms with E-state index in [1.807, 2.05) is 6.92 Å². The fourth-order valence-electron chi connectivity index (χ4n) is 2.76. The third kappa shape index (κ3) is 3.99. The second-order valence-electron chi connectivity index (χ2n) is 5.50. The smallest absolute Gasteiger partial charge is 0.287 e. The molecule has 1 aliphatic heterocycles. The molecule has 0 spiro atoms. The van der Waals surface area contributed by atoms with E-state index >= 15 is 0 Å². The Morgan fingerprint density at radius 1 is 1.39 bits per heavy atom. The molecule has 0 saturated carbocycles. The number of carbonyl (C=O) groups is 1. The lowest BCUT2D eigenvalue weighted by atomic mass is 10.1. The predicted molar refractivity (Wildman–Crippen MR) is 86.7 cm³/mol. The molecule has 0 aliphatic carbocycles. The number of amides is 1. The van der Waals surface area contributed by atoms with E-state index in [-0.39, 0.29) is 29.3 Å². The van der Waals surface area contributed by atoms with E-state index in [9.17, 15) is 20.0 Å². The maximum absolute atomic E-state index is 12.5. The number of piperazine rings is 1. The van der Waals surface area contributed by atoms with E-state index in [2.05, 4.69) is 4.90 Å². The van der Waals surface area contributed by atoms with Gasteiger partial charge in [0, 0.05) is 43.9 Å². The number of nitrogens with zero attached hydrogens (tertiary/aromatic N) is 3. The SMILES string of the molecule is CC[C@H](CO)N1CCN(C(=O)c2ccc([N+](=O)[O-])c(Cl)c2)CC1. The van der Waals surface area contributed by atoms with Gasteiger partial charge in [-0.3, -0.25) is 19.8 Å². The van der Waals surface area contributed by atoms with Gasteiger partial charge >= 0.3 is 0 Å². The Morgan fingerprint density at radius 2 is 2.04 bits per heavy atom. The highest BCUT2D eigenvalue weighted by atomic mass is 35.5. The zero-order valence-corrected chi connectivity index (χ0v) is 13.7. The lowest BCUT2D eigenvalue weighted by molar-refractivity contribution is -0.384. The van der Waals surface area contributed by atoms with Crippen molar-refractivity contribution in [2.24, 2.45) is 0 Å². The Hall–Kier alpha value is -1.70. The summed E-state index contributed by atoms with van der Waals surface area (Å²) in [5.74, 6) is -0.182. The van der Waals surface area contributed by atoms with E-state index < -0.39 is 4.92 Å². The van der Waals surface area contributed by atoms with Crippen molar-refractivity contribution in [1.82, 2.24) is 9.80 Å². The normalized spacial score (nSPS) is 17.1. The first-order chi connectivity index (χ1) is 11.0. The molecule has 1 aliphatic rings. The van der Waals surface area contributed by atoms with E-state index in [0.29, 0.717) is 31.7 Å². The molecular formula is C15H20ClN3O4. The predicted octanol–water partition coefficient (Wildman–Crippen LogP) is 1.78. The summed E-state index contributed by atoms with van der Waals surface area (Å²) in [5, 5.41) is 20.1. The van der Waals surface area contributed by atoms with E-state index in [1.165, 1.54) is 18.2 Å². The van der Waals surface area contributed by atoms with Gasteiger partial charge in [0.1, 0.15) is 5.02 Å². The molecule has 0 unspecified atom stereocenters. The van der Waals surface area contributed by atoms with Gasteiger partial charge in [-0.2, -0.15) is 0 Å². The largest absolute Gasteiger partial charge is 0.395 e. The minimum absolute atomic E-state index is 0.0363. The van der Waals surface area contributed by atoms with Crippen LogP contribution in [0.15, 0.2) is 18.2 Å². The van der Waals surface area contributed by atoms with Crippen molar-refractivity contribution >= 4 is 23.2 Å². The van der Waals surface area contributed by atoms with Gasteiger partial charge in [0.2, 0.25) is 0 Å². The number of aliphatic hydroxyl groups is 1. The van der Waals surface area contributed by atoms with E-state index in [0.717, 1.165) is 6.42 Å². The van der Waals surface area contributed by atoms with Crippen molar-refractivity contribution < 1.29 is 14.8 Å². The average Bonchev–Trinajstić information content (AvgIpc) is 2.55. The van der Waals surface area contributed by atoms with Crippen molar-refractivity contribution in [3.8, 4) is 0 Å². The number of benzene rings is 1. The molecular weight excluding hydrogens is 322 g/mol. The minimum Gasteiger partial charge on any atom is -0.395 e. The van der Waals surface area contributed by atoms with Crippen LogP contribution in [-0.2, 0) is 0 Å². The lowest BCUT2D eigenvalue weighted by Gasteiger charge is -2.38. The summed E-state index contributed by atoms with van der Waals surface area (Å²) in [5.41, 5.74) is 0.144. The van der Waals surface area contributed by atoms with Crippen LogP contribution in [0.1, 0.15) is 23.7 Å². The van der Waals surface area contributed by atoms with Crippen LogP contribution >= 0.6 is 11.6 Å². The van der Waals surface area contributed by atoms with Gasteiger partial charge in [-0.05, 0) is 18.6 Å². The molecule has 23 heavy (non-hydrogen) atoms. The topological polar surface area (TPSA) is 86.9 Å². The molecule has 1 saturated heterocycles. The molecule has 0 radical (unpaired) electrons. The molecule has 1 N–H and O–H groups in total. The van der Waals surface area contributed by atoms with Crippen LogP contribution in [-0.4, -0.2) is 64.6 Å². The second-order valence-corrected chi connectivity index (χ2v) is 5.90. The second kappa shape index (κ2) is 7.72. The monoisotopic (exact) mass is 341 g/mol. The molecule has 1 fully saturated rings. The van der Waals surface area contributed by atoms with Crippen LogP contribution < -0.4 is 0 Å². The summed E-state index contributed by atoms with van der Waals surface area (Å²) < 4.78 is 0. The highest BCUT2D eigenvalue weighted by molar-refractivity contribution is 6.33. The Morgan fingerprint density at radius 3 is 2.52 bits per heavy atom. The average molecular weight is 342 g/mol. The maximum atomic E-state index is 12.5. The lowest BCUT2D eigenvalue weighted by Crippen LogP contribution is -2.52. The summed E-state index contributed by atoms with van der Waals surface area (Å²) in [6.07, 6.45) is 0.863. The first-order valence-corrected chi connectivity index (χ1v) is 7.93. The number of aliphatic hydroxyl groups excluding tert-OH is 1. The van der Waals surface area contributed by atoms with E-state index in [1.54, 1.807) is 4.90 Å². The van der Waals surface area contributed by atoms with Crippen LogP contribution in [0.25, 0.3) is 0 Å². The molecule has 1 aromatic carbocycles. The number of hydrogen-bond donors (Lipinski definition) is 1. The van der Waals surface area contributed by atoms with Crippen LogP contribution in [0.5, 0.6) is 0 Å². The number of halogens is 1. The number of hydrogen-bond acceptors (Lipinski definition) is 5. The molecule has 8 heteroatoms. The number of carbonyl (C=O) groups excluding carboxylic acids is 1. The van der Waals surface area contributed by atoms with Crippen LogP contribution in [0.4, 0.5) is 5.69 Å². The van der Waals surface area contributed by atoms with Crippen LogP contribution in [0.3, 0.4) is 0 Å². The Kier molecular flexibility index (Phi) is 5.92. The molecule has 1 heterocycles. The summed E-state index contributed by atoms with van der Waals surface area (Å²) >= 11 is 5.86. The molecule has 1 aromatic rings. The van der Waals surface area contributed by atoms with Crippen LogP contribution in [0, 0.1) is 10.1 Å². The fourth-order valence-corrected chi connectivity index (χ4v) is 3.01. The fraction of sp³-hybridized carbons (Fsp3) is 0.533. The molecule has 1 amide bonds. The maximum Gasteiger partial charge on any atom is 0.287 e. The summed E-state index contributed by atoms with van der Waals surface area (Å²) in [6, 6.07) is 4.16. The van der Waals surface area contributed by atoms with Crippen molar-refractivity contribution in [1.29, 1.82) is 0 Å². The zero-order chi connectivity index (χ0) is 17.0. The Bertz CT molecular complexity index is 584. The Labute approximate surface area is 139 Å². The van der Waals surface area contributed by atoms with Gasteiger partial charge in [-0.1, -0.05) is 18.5 Å². The number of nitro groups is 1. The molecule has 2 rings (SSSR count). The molecule has 0 bridgehead atoms. The molecule has 0 aromatic heterocycles. The van der Waals surface area contributed by atoms with Gasteiger partial charge in [-0.25, -0.2) is 0 Å². The minimum atomic E-state index is -0.574. The highest BCUT2D eigenvalue weighted by Gasteiger charge is 2.26. The van der Waals surface area contributed by atoms with Gasteiger partial charge < -0.3 is 10.0 Å². The van der Waals surface area contributed by atoms with Crippen molar-refractivity contribution in [2.75, 3.05) is 32.8 Å². The highest BCUT2D eigenvalue weighted by Crippen LogP contribution is 2.25. The van der Waals surface area contributed by atoms with Gasteiger partial charge in [0.25, 0.3) is 11.6 Å². The first kappa shape index (κ1) is 17.7.